The maximum absolute atomic E-state index is 10.7. The summed E-state index contributed by atoms with van der Waals surface area (Å²) in [5.74, 6) is 0.515. The lowest BCUT2D eigenvalue weighted by atomic mass is 10.1. The second-order valence-electron chi connectivity index (χ2n) is 4.25. The van der Waals surface area contributed by atoms with E-state index in [-0.39, 0.29) is 12.7 Å². The lowest BCUT2D eigenvalue weighted by molar-refractivity contribution is 0.0870. The van der Waals surface area contributed by atoms with Crippen molar-refractivity contribution in [1.82, 2.24) is 9.88 Å². The summed E-state index contributed by atoms with van der Waals surface area (Å²) in [4.78, 5) is 16.2. The van der Waals surface area contributed by atoms with E-state index in [1.54, 1.807) is 18.3 Å². The first-order chi connectivity index (χ1) is 8.69. The summed E-state index contributed by atoms with van der Waals surface area (Å²) in [6.07, 6.45) is 2.06. The van der Waals surface area contributed by atoms with E-state index in [0.717, 1.165) is 5.56 Å². The second kappa shape index (κ2) is 5.68. The zero-order valence-corrected chi connectivity index (χ0v) is 9.95. The number of nitrogens with zero attached hydrogens (tertiary/aromatic N) is 2. The van der Waals surface area contributed by atoms with E-state index >= 15 is 0 Å². The molecule has 1 aromatic heterocycles. The number of amides is 1. The highest BCUT2D eigenvalue weighted by atomic mass is 16.5. The maximum atomic E-state index is 10.7. The number of rotatable bonds is 3. The number of likely N-dealkylation sites (tertiary alicyclic amines) is 1. The van der Waals surface area contributed by atoms with E-state index in [4.69, 9.17) is 14.9 Å². The summed E-state index contributed by atoms with van der Waals surface area (Å²) in [5, 5.41) is 17.7. The van der Waals surface area contributed by atoms with E-state index in [0.29, 0.717) is 31.8 Å². The van der Waals surface area contributed by atoms with Crippen LogP contribution in [0.25, 0.3) is 0 Å². The molecule has 0 unspecified atom stereocenters. The van der Waals surface area contributed by atoms with Gasteiger partial charge in [0.05, 0.1) is 6.61 Å². The third-order valence-electron chi connectivity index (χ3n) is 2.98. The Morgan fingerprint density at radius 2 is 2.17 bits per heavy atom. The molecular formula is C12H16N2O4. The Balaban J connectivity index is 1.85. The lowest BCUT2D eigenvalue weighted by Crippen LogP contribution is -2.41. The summed E-state index contributed by atoms with van der Waals surface area (Å²) in [5.41, 5.74) is 0.739. The molecule has 2 rings (SSSR count). The summed E-state index contributed by atoms with van der Waals surface area (Å²) in [7, 11) is 0. The first kappa shape index (κ1) is 12.6. The van der Waals surface area contributed by atoms with Gasteiger partial charge in [0.25, 0.3) is 0 Å². The summed E-state index contributed by atoms with van der Waals surface area (Å²) < 4.78 is 5.67. The molecule has 0 bridgehead atoms. The SMILES string of the molecule is O=C(O)N1CCC(Oc2ccc(CO)cn2)CC1. The highest BCUT2D eigenvalue weighted by Crippen LogP contribution is 2.17. The number of pyridine rings is 1. The molecule has 0 aromatic carbocycles. The third kappa shape index (κ3) is 3.10. The first-order valence-corrected chi connectivity index (χ1v) is 5.89. The van der Waals surface area contributed by atoms with E-state index in [2.05, 4.69) is 4.98 Å². The topological polar surface area (TPSA) is 82.9 Å². The molecule has 1 fully saturated rings. The smallest absolute Gasteiger partial charge is 0.407 e. The molecule has 1 amide bonds. The van der Waals surface area contributed by atoms with Crippen molar-refractivity contribution in [3.63, 3.8) is 0 Å². The zero-order valence-electron chi connectivity index (χ0n) is 9.95. The van der Waals surface area contributed by atoms with Gasteiger partial charge in [0.1, 0.15) is 6.10 Å². The number of hydrogen-bond donors (Lipinski definition) is 2. The highest BCUT2D eigenvalue weighted by molar-refractivity contribution is 5.65. The standard InChI is InChI=1S/C12H16N2O4/c15-8-9-1-2-11(13-7-9)18-10-3-5-14(6-4-10)12(16)17/h1-2,7,10,15H,3-6,8H2,(H,16,17). The van der Waals surface area contributed by atoms with Gasteiger partial charge in [0, 0.05) is 38.2 Å². The van der Waals surface area contributed by atoms with E-state index < -0.39 is 6.09 Å². The fraction of sp³-hybridized carbons (Fsp3) is 0.500. The van der Waals surface area contributed by atoms with Crippen LogP contribution in [0.5, 0.6) is 5.88 Å². The fourth-order valence-corrected chi connectivity index (χ4v) is 1.91. The minimum Gasteiger partial charge on any atom is -0.474 e. The molecule has 2 N–H and O–H groups in total. The number of hydrogen-bond acceptors (Lipinski definition) is 4. The van der Waals surface area contributed by atoms with Crippen LogP contribution in [0.2, 0.25) is 0 Å². The largest absolute Gasteiger partial charge is 0.474 e. The van der Waals surface area contributed by atoms with Gasteiger partial charge in [0.2, 0.25) is 5.88 Å². The summed E-state index contributed by atoms with van der Waals surface area (Å²) in [6, 6.07) is 3.48. The molecule has 1 aliphatic heterocycles. The molecule has 6 heteroatoms. The van der Waals surface area contributed by atoms with Crippen molar-refractivity contribution in [3.8, 4) is 5.88 Å². The molecule has 1 aromatic rings. The van der Waals surface area contributed by atoms with Crippen LogP contribution in [-0.2, 0) is 6.61 Å². The summed E-state index contributed by atoms with van der Waals surface area (Å²) >= 11 is 0. The molecule has 1 saturated heterocycles. The van der Waals surface area contributed by atoms with Crippen LogP contribution in [0.15, 0.2) is 18.3 Å². The van der Waals surface area contributed by atoms with Gasteiger partial charge in [-0.15, -0.1) is 0 Å². The van der Waals surface area contributed by atoms with Crippen molar-refractivity contribution in [3.05, 3.63) is 23.9 Å². The van der Waals surface area contributed by atoms with Gasteiger partial charge >= 0.3 is 6.09 Å². The first-order valence-electron chi connectivity index (χ1n) is 5.89. The maximum Gasteiger partial charge on any atom is 0.407 e. The van der Waals surface area contributed by atoms with Crippen LogP contribution >= 0.6 is 0 Å². The fourth-order valence-electron chi connectivity index (χ4n) is 1.91. The molecule has 0 spiro atoms. The minimum absolute atomic E-state index is 0.00748. The number of aliphatic hydroxyl groups excluding tert-OH is 1. The number of carboxylic acid groups (broad SMARTS) is 1. The van der Waals surface area contributed by atoms with Gasteiger partial charge in [-0.3, -0.25) is 0 Å². The lowest BCUT2D eigenvalue weighted by Gasteiger charge is -2.29. The molecule has 98 valence electrons. The molecule has 0 radical (unpaired) electrons. The van der Waals surface area contributed by atoms with Crippen LogP contribution in [0.3, 0.4) is 0 Å². The van der Waals surface area contributed by atoms with Gasteiger partial charge in [-0.25, -0.2) is 9.78 Å². The molecule has 18 heavy (non-hydrogen) atoms. The van der Waals surface area contributed by atoms with Crippen molar-refractivity contribution in [1.29, 1.82) is 0 Å². The predicted octanol–water partition coefficient (Wildman–Crippen LogP) is 1.10. The number of ether oxygens (including phenoxy) is 1. The number of aliphatic hydroxyl groups is 1. The zero-order chi connectivity index (χ0) is 13.0. The second-order valence-corrected chi connectivity index (χ2v) is 4.25. The minimum atomic E-state index is -0.876. The van der Waals surface area contributed by atoms with E-state index in [1.807, 2.05) is 0 Å². The average molecular weight is 252 g/mol. The van der Waals surface area contributed by atoms with Crippen molar-refractivity contribution in [2.24, 2.45) is 0 Å². The van der Waals surface area contributed by atoms with Crippen molar-refractivity contribution in [2.45, 2.75) is 25.6 Å². The molecule has 0 saturated carbocycles. The Morgan fingerprint density at radius 1 is 1.44 bits per heavy atom. The number of carbonyl (C=O) groups is 1. The van der Waals surface area contributed by atoms with Gasteiger partial charge in [-0.1, -0.05) is 0 Å². The van der Waals surface area contributed by atoms with Crippen molar-refractivity contribution >= 4 is 6.09 Å². The van der Waals surface area contributed by atoms with E-state index in [9.17, 15) is 4.79 Å². The third-order valence-corrected chi connectivity index (χ3v) is 2.98. The van der Waals surface area contributed by atoms with Gasteiger partial charge in [-0.2, -0.15) is 0 Å². The average Bonchev–Trinajstić information content (AvgIpc) is 2.40. The number of piperidine rings is 1. The normalized spacial score (nSPS) is 16.6. The highest BCUT2D eigenvalue weighted by Gasteiger charge is 2.23. The van der Waals surface area contributed by atoms with Crippen molar-refractivity contribution in [2.75, 3.05) is 13.1 Å². The summed E-state index contributed by atoms with van der Waals surface area (Å²) in [6.45, 7) is 0.952. The van der Waals surface area contributed by atoms with E-state index in [1.165, 1.54) is 4.90 Å². The monoisotopic (exact) mass is 252 g/mol. The van der Waals surface area contributed by atoms with Crippen LogP contribution in [0.4, 0.5) is 4.79 Å². The molecular weight excluding hydrogens is 236 g/mol. The predicted molar refractivity (Wildman–Crippen MR) is 63.4 cm³/mol. The Kier molecular flexibility index (Phi) is 3.99. The molecule has 1 aliphatic rings. The van der Waals surface area contributed by atoms with Crippen LogP contribution < -0.4 is 4.74 Å². The van der Waals surface area contributed by atoms with Crippen LogP contribution in [-0.4, -0.2) is 45.4 Å². The van der Waals surface area contributed by atoms with Gasteiger partial charge in [-0.05, 0) is 11.6 Å². The molecule has 0 atom stereocenters. The van der Waals surface area contributed by atoms with Crippen LogP contribution in [0.1, 0.15) is 18.4 Å². The Morgan fingerprint density at radius 3 is 2.67 bits per heavy atom. The van der Waals surface area contributed by atoms with Crippen LogP contribution in [0, 0.1) is 0 Å². The molecule has 2 heterocycles. The Hall–Kier alpha value is -1.82. The Labute approximate surface area is 105 Å². The Bertz CT molecular complexity index is 399. The van der Waals surface area contributed by atoms with Crippen molar-refractivity contribution < 1.29 is 19.7 Å². The molecule has 6 nitrogen and oxygen atoms in total. The number of aromatic nitrogens is 1. The van der Waals surface area contributed by atoms with Gasteiger partial charge in [0.15, 0.2) is 0 Å². The quantitative estimate of drug-likeness (QED) is 0.841. The molecule has 0 aliphatic carbocycles. The van der Waals surface area contributed by atoms with Gasteiger partial charge < -0.3 is 19.8 Å².